The summed E-state index contributed by atoms with van der Waals surface area (Å²) in [4.78, 5) is 28.7. The Morgan fingerprint density at radius 3 is 2.12 bits per heavy atom. The zero-order valence-electron chi connectivity index (χ0n) is 20.0. The summed E-state index contributed by atoms with van der Waals surface area (Å²) in [5.41, 5.74) is 2.50. The van der Waals surface area contributed by atoms with E-state index in [0.717, 1.165) is 23.1 Å². The second-order valence-corrected chi connectivity index (χ2v) is 7.98. The molecule has 0 fully saturated rings. The zero-order chi connectivity index (χ0) is 24.3. The molecule has 0 spiro atoms. The van der Waals surface area contributed by atoms with Gasteiger partial charge in [0, 0.05) is 13.1 Å². The molecule has 1 atom stereocenters. The number of benzene rings is 3. The van der Waals surface area contributed by atoms with Crippen LogP contribution in [0.3, 0.4) is 0 Å². The first-order valence-electron chi connectivity index (χ1n) is 11.4. The molecule has 0 saturated heterocycles. The third-order valence-corrected chi connectivity index (χ3v) is 5.54. The summed E-state index contributed by atoms with van der Waals surface area (Å²) in [6.07, 6.45) is 0.934. The monoisotopic (exact) mass is 460 g/mol. The Hall–Kier alpha value is -3.80. The third-order valence-electron chi connectivity index (χ3n) is 5.54. The standard InChI is InChI=1S/C28H32N2O4/c1-4-17-29-28(32)27(23-13-9-6-10-14-23)30(20-21-11-7-5-8-12-21)26(31)19-22-15-16-24(33-2)25(18-22)34-3/h5-16,18,27H,4,17,19-20H2,1-3H3,(H,29,32)/t27-/m1/s1. The Kier molecular flexibility index (Phi) is 9.09. The molecule has 3 aromatic rings. The van der Waals surface area contributed by atoms with E-state index in [9.17, 15) is 9.59 Å². The summed E-state index contributed by atoms with van der Waals surface area (Å²) in [5.74, 6) is 0.810. The molecule has 0 bridgehead atoms. The van der Waals surface area contributed by atoms with Crippen LogP contribution in [-0.2, 0) is 22.6 Å². The molecule has 0 aliphatic carbocycles. The highest BCUT2D eigenvalue weighted by Crippen LogP contribution is 2.29. The van der Waals surface area contributed by atoms with Crippen LogP contribution in [-0.4, -0.2) is 37.5 Å². The normalized spacial score (nSPS) is 11.4. The van der Waals surface area contributed by atoms with E-state index in [1.54, 1.807) is 31.3 Å². The highest BCUT2D eigenvalue weighted by molar-refractivity contribution is 5.89. The minimum absolute atomic E-state index is 0.123. The highest BCUT2D eigenvalue weighted by atomic mass is 16.5. The number of carbonyl (C=O) groups is 2. The molecule has 0 radical (unpaired) electrons. The number of ether oxygens (including phenoxy) is 2. The van der Waals surface area contributed by atoms with Gasteiger partial charge in [0.05, 0.1) is 20.6 Å². The fourth-order valence-electron chi connectivity index (χ4n) is 3.82. The van der Waals surface area contributed by atoms with Crippen molar-refractivity contribution in [2.75, 3.05) is 20.8 Å². The van der Waals surface area contributed by atoms with Crippen molar-refractivity contribution in [2.24, 2.45) is 0 Å². The van der Waals surface area contributed by atoms with E-state index in [1.807, 2.05) is 73.7 Å². The van der Waals surface area contributed by atoms with Crippen molar-refractivity contribution in [2.45, 2.75) is 32.4 Å². The topological polar surface area (TPSA) is 67.9 Å². The van der Waals surface area contributed by atoms with Crippen molar-refractivity contribution >= 4 is 11.8 Å². The van der Waals surface area contributed by atoms with Crippen LogP contribution < -0.4 is 14.8 Å². The molecular weight excluding hydrogens is 428 g/mol. The first-order chi connectivity index (χ1) is 16.6. The second-order valence-electron chi connectivity index (χ2n) is 7.98. The van der Waals surface area contributed by atoms with Crippen LogP contribution in [0.25, 0.3) is 0 Å². The molecule has 178 valence electrons. The molecule has 2 amide bonds. The molecule has 0 aromatic heterocycles. The molecule has 34 heavy (non-hydrogen) atoms. The van der Waals surface area contributed by atoms with Crippen molar-refractivity contribution in [1.29, 1.82) is 0 Å². The molecule has 0 aliphatic heterocycles. The fourth-order valence-corrected chi connectivity index (χ4v) is 3.82. The lowest BCUT2D eigenvalue weighted by atomic mass is 10.0. The van der Waals surface area contributed by atoms with Gasteiger partial charge in [0.1, 0.15) is 6.04 Å². The van der Waals surface area contributed by atoms with Crippen LogP contribution in [0.4, 0.5) is 0 Å². The Labute approximate surface area is 201 Å². The van der Waals surface area contributed by atoms with E-state index in [0.29, 0.717) is 24.6 Å². The molecule has 6 heteroatoms. The lowest BCUT2D eigenvalue weighted by Gasteiger charge is -2.32. The van der Waals surface area contributed by atoms with Crippen LogP contribution in [0, 0.1) is 0 Å². The number of hydrogen-bond donors (Lipinski definition) is 1. The molecule has 1 N–H and O–H groups in total. The van der Waals surface area contributed by atoms with E-state index in [-0.39, 0.29) is 18.2 Å². The lowest BCUT2D eigenvalue weighted by Crippen LogP contribution is -2.44. The predicted octanol–water partition coefficient (Wildman–Crippen LogP) is 4.54. The van der Waals surface area contributed by atoms with Crippen molar-refractivity contribution < 1.29 is 19.1 Å². The summed E-state index contributed by atoms with van der Waals surface area (Å²) in [6, 6.07) is 23.8. The third kappa shape index (κ3) is 6.38. The first-order valence-corrected chi connectivity index (χ1v) is 11.4. The molecule has 3 rings (SSSR count). The summed E-state index contributed by atoms with van der Waals surface area (Å²) < 4.78 is 10.7. The van der Waals surface area contributed by atoms with Gasteiger partial charge in [-0.15, -0.1) is 0 Å². The molecule has 3 aromatic carbocycles. The summed E-state index contributed by atoms with van der Waals surface area (Å²) >= 11 is 0. The smallest absolute Gasteiger partial charge is 0.247 e. The number of amides is 2. The Morgan fingerprint density at radius 2 is 1.50 bits per heavy atom. The number of nitrogens with zero attached hydrogens (tertiary/aromatic N) is 1. The zero-order valence-corrected chi connectivity index (χ0v) is 20.0. The SMILES string of the molecule is CCCNC(=O)[C@@H](c1ccccc1)N(Cc1ccccc1)C(=O)Cc1ccc(OC)c(OC)c1. The maximum atomic E-state index is 13.7. The van der Waals surface area contributed by atoms with E-state index < -0.39 is 6.04 Å². The van der Waals surface area contributed by atoms with Gasteiger partial charge in [-0.05, 0) is 35.2 Å². The molecule has 6 nitrogen and oxygen atoms in total. The van der Waals surface area contributed by atoms with Crippen molar-refractivity contribution in [3.05, 3.63) is 95.6 Å². The van der Waals surface area contributed by atoms with Gasteiger partial charge in [0.2, 0.25) is 11.8 Å². The second kappa shape index (κ2) is 12.4. The molecular formula is C28H32N2O4. The van der Waals surface area contributed by atoms with Crippen LogP contribution in [0.1, 0.15) is 36.1 Å². The molecule has 0 saturated carbocycles. The van der Waals surface area contributed by atoms with Crippen molar-refractivity contribution in [1.82, 2.24) is 10.2 Å². The lowest BCUT2D eigenvalue weighted by molar-refractivity contribution is -0.141. The van der Waals surface area contributed by atoms with E-state index in [1.165, 1.54) is 0 Å². The van der Waals surface area contributed by atoms with Gasteiger partial charge in [-0.1, -0.05) is 73.7 Å². The summed E-state index contributed by atoms with van der Waals surface area (Å²) in [6.45, 7) is 2.86. The molecule has 0 aliphatic rings. The number of methoxy groups -OCH3 is 2. The number of rotatable bonds is 11. The van der Waals surface area contributed by atoms with Gasteiger partial charge < -0.3 is 19.7 Å². The van der Waals surface area contributed by atoms with Crippen molar-refractivity contribution in [3.63, 3.8) is 0 Å². The van der Waals surface area contributed by atoms with Gasteiger partial charge in [-0.3, -0.25) is 9.59 Å². The molecule has 0 unspecified atom stereocenters. The van der Waals surface area contributed by atoms with Crippen LogP contribution in [0.5, 0.6) is 11.5 Å². The van der Waals surface area contributed by atoms with Gasteiger partial charge >= 0.3 is 0 Å². The minimum Gasteiger partial charge on any atom is -0.493 e. The van der Waals surface area contributed by atoms with Crippen LogP contribution >= 0.6 is 0 Å². The quantitative estimate of drug-likeness (QED) is 0.456. The number of hydrogen-bond acceptors (Lipinski definition) is 4. The maximum Gasteiger partial charge on any atom is 0.247 e. The number of carbonyl (C=O) groups excluding carboxylic acids is 2. The summed E-state index contributed by atoms with van der Waals surface area (Å²) in [7, 11) is 3.14. The van der Waals surface area contributed by atoms with Gasteiger partial charge in [-0.25, -0.2) is 0 Å². The molecule has 0 heterocycles. The van der Waals surface area contributed by atoms with Crippen LogP contribution in [0.2, 0.25) is 0 Å². The van der Waals surface area contributed by atoms with E-state index in [2.05, 4.69) is 5.32 Å². The van der Waals surface area contributed by atoms with Gasteiger partial charge in [0.15, 0.2) is 11.5 Å². The average Bonchev–Trinajstić information content (AvgIpc) is 2.88. The Balaban J connectivity index is 1.98. The average molecular weight is 461 g/mol. The van der Waals surface area contributed by atoms with Gasteiger partial charge in [-0.2, -0.15) is 0 Å². The Bertz CT molecular complexity index is 1070. The summed E-state index contributed by atoms with van der Waals surface area (Å²) in [5, 5.41) is 2.98. The van der Waals surface area contributed by atoms with Gasteiger partial charge in [0.25, 0.3) is 0 Å². The number of nitrogens with one attached hydrogen (secondary N) is 1. The van der Waals surface area contributed by atoms with E-state index >= 15 is 0 Å². The predicted molar refractivity (Wildman–Crippen MR) is 133 cm³/mol. The largest absolute Gasteiger partial charge is 0.493 e. The fraction of sp³-hybridized carbons (Fsp3) is 0.286. The Morgan fingerprint density at radius 1 is 0.853 bits per heavy atom. The van der Waals surface area contributed by atoms with Crippen molar-refractivity contribution in [3.8, 4) is 11.5 Å². The van der Waals surface area contributed by atoms with Crippen LogP contribution in [0.15, 0.2) is 78.9 Å². The maximum absolute atomic E-state index is 13.7. The first kappa shape index (κ1) is 24.8. The van der Waals surface area contributed by atoms with E-state index in [4.69, 9.17) is 9.47 Å². The minimum atomic E-state index is -0.749. The highest BCUT2D eigenvalue weighted by Gasteiger charge is 2.31.